The lowest BCUT2D eigenvalue weighted by Gasteiger charge is -1.94. The molecule has 5 heteroatoms. The van der Waals surface area contributed by atoms with Crippen LogP contribution in [0.1, 0.15) is 5.56 Å². The summed E-state index contributed by atoms with van der Waals surface area (Å²) >= 11 is 3.23. The zero-order valence-corrected chi connectivity index (χ0v) is 8.00. The Morgan fingerprint density at radius 3 is 3.08 bits per heavy atom. The van der Waals surface area contributed by atoms with E-state index < -0.39 is 0 Å². The lowest BCUT2D eigenvalue weighted by atomic mass is 10.3. The number of hydrogen-bond acceptors (Lipinski definition) is 2. The van der Waals surface area contributed by atoms with Gasteiger partial charge in [0.25, 0.3) is 0 Å². The topological polar surface area (TPSA) is 61.1 Å². The average Bonchev–Trinajstić information content (AvgIpc) is 2.49. The van der Waals surface area contributed by atoms with Gasteiger partial charge in [-0.2, -0.15) is 5.26 Å². The lowest BCUT2D eigenvalue weighted by molar-refractivity contribution is 0.930. The van der Waals surface area contributed by atoms with E-state index >= 15 is 0 Å². The molecule has 0 aliphatic carbocycles. The first-order chi connectivity index (χ1) is 6.24. The number of rotatable bonds is 0. The second-order valence-corrected chi connectivity index (χ2v) is 3.36. The van der Waals surface area contributed by atoms with Crippen LogP contribution in [0.5, 0.6) is 0 Å². The molecule has 0 aliphatic heterocycles. The maximum atomic E-state index is 11.5. The summed E-state index contributed by atoms with van der Waals surface area (Å²) in [6.45, 7) is 0. The molecule has 2 heterocycles. The van der Waals surface area contributed by atoms with Gasteiger partial charge in [0, 0.05) is 16.9 Å². The number of aromatic nitrogens is 2. The number of fused-ring (bicyclic) bond motifs is 1. The van der Waals surface area contributed by atoms with E-state index in [1.807, 2.05) is 6.07 Å². The number of hydrogen-bond donors (Lipinski definition) is 1. The summed E-state index contributed by atoms with van der Waals surface area (Å²) in [6.07, 6.45) is 3.10. The number of halogens is 1. The summed E-state index contributed by atoms with van der Waals surface area (Å²) < 4.78 is 2.25. The molecule has 0 saturated heterocycles. The van der Waals surface area contributed by atoms with Crippen molar-refractivity contribution in [3.63, 3.8) is 0 Å². The zero-order chi connectivity index (χ0) is 9.42. The number of nitrogens with one attached hydrogen (secondary N) is 1. The maximum absolute atomic E-state index is 11.5. The summed E-state index contributed by atoms with van der Waals surface area (Å²) in [5.74, 6) is 0. The summed E-state index contributed by atoms with van der Waals surface area (Å²) in [4.78, 5) is 11.5. The summed E-state index contributed by atoms with van der Waals surface area (Å²) in [5, 5.41) is 11.4. The molecular formula is C8H4BrN3O. The predicted octanol–water partition coefficient (Wildman–Crippen LogP) is 1.26. The van der Waals surface area contributed by atoms with Gasteiger partial charge in [-0.05, 0) is 22.0 Å². The molecule has 0 radical (unpaired) electrons. The molecule has 1 N–H and O–H groups in total. The van der Waals surface area contributed by atoms with Gasteiger partial charge in [-0.15, -0.1) is 0 Å². The van der Waals surface area contributed by atoms with Gasteiger partial charge in [-0.3, -0.25) is 9.31 Å². The van der Waals surface area contributed by atoms with E-state index in [9.17, 15) is 4.79 Å². The van der Waals surface area contributed by atoms with E-state index in [1.54, 1.807) is 16.8 Å². The highest BCUT2D eigenvalue weighted by molar-refractivity contribution is 9.10. The van der Waals surface area contributed by atoms with Gasteiger partial charge < -0.3 is 5.10 Å². The fraction of sp³-hybridized carbons (Fsp3) is 0. The molecule has 2 aromatic rings. The molecule has 0 fully saturated rings. The van der Waals surface area contributed by atoms with Crippen LogP contribution in [-0.2, 0) is 0 Å². The largest absolute Gasteiger partial charge is 0.300 e. The van der Waals surface area contributed by atoms with Gasteiger partial charge in [-0.1, -0.05) is 0 Å². The Morgan fingerprint density at radius 1 is 1.62 bits per heavy atom. The monoisotopic (exact) mass is 237 g/mol. The molecule has 2 rings (SSSR count). The van der Waals surface area contributed by atoms with Gasteiger partial charge in [0.05, 0.1) is 0 Å². The SMILES string of the molecule is N#Cc1c[nH]n2ccc(Br)c2c1=O. The van der Waals surface area contributed by atoms with Crippen LogP contribution >= 0.6 is 15.9 Å². The molecule has 0 atom stereocenters. The van der Waals surface area contributed by atoms with E-state index in [-0.39, 0.29) is 11.0 Å². The van der Waals surface area contributed by atoms with Gasteiger partial charge in [0.2, 0.25) is 5.43 Å². The van der Waals surface area contributed by atoms with Crippen molar-refractivity contribution >= 4 is 21.4 Å². The van der Waals surface area contributed by atoms with Crippen LogP contribution in [0.15, 0.2) is 27.7 Å². The molecule has 0 saturated carbocycles. The third-order valence-corrected chi connectivity index (χ3v) is 2.41. The Labute approximate surface area is 81.5 Å². The van der Waals surface area contributed by atoms with Gasteiger partial charge in [0.1, 0.15) is 17.1 Å². The van der Waals surface area contributed by atoms with Gasteiger partial charge in [-0.25, -0.2) is 0 Å². The molecule has 4 nitrogen and oxygen atoms in total. The Morgan fingerprint density at radius 2 is 2.38 bits per heavy atom. The van der Waals surface area contributed by atoms with Crippen molar-refractivity contribution in [3.8, 4) is 6.07 Å². The van der Waals surface area contributed by atoms with Crippen LogP contribution < -0.4 is 5.43 Å². The fourth-order valence-corrected chi connectivity index (χ4v) is 1.63. The van der Waals surface area contributed by atoms with Crippen molar-refractivity contribution in [1.82, 2.24) is 9.61 Å². The lowest BCUT2D eigenvalue weighted by Crippen LogP contribution is -2.10. The summed E-state index contributed by atoms with van der Waals surface area (Å²) in [6, 6.07) is 3.57. The van der Waals surface area contributed by atoms with Crippen LogP contribution in [0.2, 0.25) is 0 Å². The summed E-state index contributed by atoms with van der Waals surface area (Å²) in [7, 11) is 0. The second-order valence-electron chi connectivity index (χ2n) is 2.51. The van der Waals surface area contributed by atoms with Crippen molar-refractivity contribution in [3.05, 3.63) is 38.7 Å². The number of nitrogens with zero attached hydrogens (tertiary/aromatic N) is 2. The Bertz CT molecular complexity index is 561. The quantitative estimate of drug-likeness (QED) is 0.750. The average molecular weight is 238 g/mol. The molecule has 0 bridgehead atoms. The normalized spacial score (nSPS) is 10.2. The van der Waals surface area contributed by atoms with Crippen molar-refractivity contribution < 1.29 is 0 Å². The van der Waals surface area contributed by atoms with E-state index in [4.69, 9.17) is 5.26 Å². The van der Waals surface area contributed by atoms with Crippen LogP contribution in [0.4, 0.5) is 0 Å². The number of nitriles is 1. The van der Waals surface area contributed by atoms with Gasteiger partial charge >= 0.3 is 0 Å². The van der Waals surface area contributed by atoms with Crippen molar-refractivity contribution in [2.45, 2.75) is 0 Å². The molecular weight excluding hydrogens is 234 g/mol. The molecule has 0 amide bonds. The molecule has 0 aromatic carbocycles. The highest BCUT2D eigenvalue weighted by Crippen LogP contribution is 2.14. The van der Waals surface area contributed by atoms with Crippen molar-refractivity contribution in [2.24, 2.45) is 0 Å². The second kappa shape index (κ2) is 2.75. The molecule has 64 valence electrons. The Hall–Kier alpha value is -1.54. The molecule has 2 aromatic heterocycles. The number of H-pyrrole nitrogens is 1. The molecule has 0 spiro atoms. The molecule has 13 heavy (non-hydrogen) atoms. The Kier molecular flexibility index (Phi) is 1.71. The Balaban J connectivity index is 3.03. The van der Waals surface area contributed by atoms with Crippen molar-refractivity contribution in [2.75, 3.05) is 0 Å². The van der Waals surface area contributed by atoms with Crippen molar-refractivity contribution in [1.29, 1.82) is 5.26 Å². The fourth-order valence-electron chi connectivity index (χ4n) is 1.14. The van der Waals surface area contributed by atoms with E-state index in [1.165, 1.54) is 6.20 Å². The summed E-state index contributed by atoms with van der Waals surface area (Å²) in [5.41, 5.74) is 0.309. The molecule has 0 unspecified atom stereocenters. The minimum absolute atomic E-state index is 0.118. The predicted molar refractivity (Wildman–Crippen MR) is 50.4 cm³/mol. The van der Waals surface area contributed by atoms with Gasteiger partial charge in [0.15, 0.2) is 0 Å². The number of aromatic amines is 1. The first-order valence-corrected chi connectivity index (χ1v) is 4.31. The molecule has 0 aliphatic rings. The minimum Gasteiger partial charge on any atom is -0.300 e. The highest BCUT2D eigenvalue weighted by atomic mass is 79.9. The third kappa shape index (κ3) is 1.07. The standard InChI is InChI=1S/C8H4BrN3O/c9-6-1-2-12-7(6)8(13)5(3-10)4-11-12/h1-2,4,11H. The minimum atomic E-state index is -0.266. The van der Waals surface area contributed by atoms with Crippen LogP contribution in [0.3, 0.4) is 0 Å². The van der Waals surface area contributed by atoms with E-state index in [0.29, 0.717) is 9.99 Å². The first kappa shape index (κ1) is 8.08. The van der Waals surface area contributed by atoms with Crippen LogP contribution in [0, 0.1) is 11.3 Å². The smallest absolute Gasteiger partial charge is 0.224 e. The maximum Gasteiger partial charge on any atom is 0.224 e. The third-order valence-electron chi connectivity index (χ3n) is 1.77. The van der Waals surface area contributed by atoms with E-state index in [0.717, 1.165) is 0 Å². The van der Waals surface area contributed by atoms with E-state index in [2.05, 4.69) is 21.0 Å². The highest BCUT2D eigenvalue weighted by Gasteiger charge is 2.07. The first-order valence-electron chi connectivity index (χ1n) is 3.52. The zero-order valence-electron chi connectivity index (χ0n) is 6.41. The van der Waals surface area contributed by atoms with Crippen LogP contribution in [0.25, 0.3) is 5.52 Å². The van der Waals surface area contributed by atoms with Crippen LogP contribution in [-0.4, -0.2) is 9.61 Å².